The highest BCUT2D eigenvalue weighted by Crippen LogP contribution is 2.55. The summed E-state index contributed by atoms with van der Waals surface area (Å²) >= 11 is 0. The molecule has 4 N–H and O–H groups in total. The first-order valence-electron chi connectivity index (χ1n) is 10.9. The molecule has 1 aromatic heterocycles. The maximum absolute atomic E-state index is 13.7. The monoisotopic (exact) mass is 466 g/mol. The molecule has 2 aliphatic rings. The van der Waals surface area contributed by atoms with Gasteiger partial charge in [-0.05, 0) is 55.4 Å². The molecule has 172 valence electrons. The minimum absolute atomic E-state index is 0.0960. The molecule has 2 atom stereocenters. The van der Waals surface area contributed by atoms with Gasteiger partial charge in [0.15, 0.2) is 5.84 Å². The summed E-state index contributed by atoms with van der Waals surface area (Å²) in [5, 5.41) is 19.2. The predicted molar refractivity (Wildman–Crippen MR) is 133 cm³/mol. The van der Waals surface area contributed by atoms with Crippen molar-refractivity contribution in [2.24, 2.45) is 21.3 Å². The van der Waals surface area contributed by atoms with E-state index in [4.69, 9.17) is 5.10 Å². The maximum Gasteiger partial charge on any atom is 0.286 e. The van der Waals surface area contributed by atoms with E-state index in [0.717, 1.165) is 25.0 Å². The molecule has 1 aliphatic carbocycles. The summed E-state index contributed by atoms with van der Waals surface area (Å²) in [6.45, 7) is 4.36. The molecule has 5 rings (SSSR count). The molecule has 2 heterocycles. The Morgan fingerprint density at radius 2 is 1.73 bits per heavy atom. The van der Waals surface area contributed by atoms with Crippen molar-refractivity contribution in [1.82, 2.24) is 4.68 Å². The Hall–Kier alpha value is -3.14. The second-order valence-corrected chi connectivity index (χ2v) is 10.6. The molecule has 1 aliphatic heterocycles. The quantitative estimate of drug-likeness (QED) is 0.410. The number of amidine groups is 1. The van der Waals surface area contributed by atoms with Crippen LogP contribution in [0.3, 0.4) is 0 Å². The van der Waals surface area contributed by atoms with E-state index >= 15 is 0 Å². The average molecular weight is 467 g/mol. The lowest BCUT2D eigenvalue weighted by Gasteiger charge is -2.34. The molecule has 3 aromatic rings. The minimum Gasteiger partial charge on any atom is -0.506 e. The van der Waals surface area contributed by atoms with Crippen LogP contribution in [-0.2, 0) is 0 Å². The summed E-state index contributed by atoms with van der Waals surface area (Å²) in [6.07, 6.45) is 2.72. The van der Waals surface area contributed by atoms with Gasteiger partial charge < -0.3 is 10.4 Å². The Balaban J connectivity index is 1.74. The van der Waals surface area contributed by atoms with Crippen LogP contribution >= 0.6 is 10.8 Å². The summed E-state index contributed by atoms with van der Waals surface area (Å²) in [4.78, 5) is 13.9. The number of rotatable bonds is 2. The summed E-state index contributed by atoms with van der Waals surface area (Å²) in [5.41, 5.74) is 1.10. The number of fused-ring (bicyclic) bond motifs is 2. The fraction of sp³-hybridized carbons (Fsp3) is 0.292. The number of aromatic hydroxyl groups is 1. The molecule has 0 bridgehead atoms. The maximum atomic E-state index is 13.7. The first kappa shape index (κ1) is 21.7. The Bertz CT molecular complexity index is 1370. The van der Waals surface area contributed by atoms with E-state index in [-0.39, 0.29) is 22.0 Å². The number of para-hydroxylation sites is 2. The van der Waals surface area contributed by atoms with Gasteiger partial charge in [0.25, 0.3) is 5.56 Å². The second kappa shape index (κ2) is 8.02. The van der Waals surface area contributed by atoms with E-state index in [2.05, 4.69) is 23.6 Å². The SMILES string of the molecule is CC1CC(=Nn2c(=O)c(C3=NS(O)(O)c4ccccc4N3)c(O)c3ccccc32)CC(C)C1. The molecule has 9 heteroatoms. The van der Waals surface area contributed by atoms with Crippen molar-refractivity contribution < 1.29 is 14.2 Å². The van der Waals surface area contributed by atoms with Crippen molar-refractivity contribution in [3.8, 4) is 5.75 Å². The van der Waals surface area contributed by atoms with Gasteiger partial charge in [0, 0.05) is 11.1 Å². The van der Waals surface area contributed by atoms with Gasteiger partial charge in [-0.1, -0.05) is 48.9 Å². The third-order valence-corrected chi connectivity index (χ3v) is 7.52. The zero-order valence-corrected chi connectivity index (χ0v) is 19.2. The Morgan fingerprint density at radius 1 is 1.06 bits per heavy atom. The standard InChI is InChI=1S/C24H26N4O4S/c1-14-11-15(2)13-16(12-14)26-28-19-9-5-3-7-17(19)22(29)21(24(28)30)23-25-18-8-4-6-10-20(18)33(31,32)27-23/h3-10,14-15,29,31-32H,11-13H2,1-2H3,(H,25,27). The molecule has 2 unspecified atom stereocenters. The minimum atomic E-state index is -3.55. The fourth-order valence-electron chi connectivity index (χ4n) is 4.83. The zero-order chi connectivity index (χ0) is 23.3. The Labute approximate surface area is 192 Å². The van der Waals surface area contributed by atoms with Crippen LogP contribution in [-0.4, -0.2) is 30.4 Å². The molecule has 2 aromatic carbocycles. The molecule has 0 amide bonds. The fourth-order valence-corrected chi connectivity index (χ4v) is 6.00. The highest BCUT2D eigenvalue weighted by molar-refractivity contribution is 8.23. The number of nitrogens with one attached hydrogen (secondary N) is 1. The number of hydrogen-bond acceptors (Lipinski definition) is 7. The number of nitrogens with zero attached hydrogens (tertiary/aromatic N) is 3. The van der Waals surface area contributed by atoms with E-state index in [9.17, 15) is 19.0 Å². The number of aromatic nitrogens is 1. The number of pyridine rings is 1. The summed E-state index contributed by atoms with van der Waals surface area (Å²) in [6, 6.07) is 13.6. The summed E-state index contributed by atoms with van der Waals surface area (Å²) in [5.74, 6) is 0.569. The third-order valence-electron chi connectivity index (χ3n) is 6.14. The lowest BCUT2D eigenvalue weighted by atomic mass is 9.82. The van der Waals surface area contributed by atoms with Gasteiger partial charge in [-0.15, -0.1) is 4.40 Å². The van der Waals surface area contributed by atoms with Gasteiger partial charge in [0.1, 0.15) is 16.2 Å². The lowest BCUT2D eigenvalue weighted by molar-refractivity contribution is 0.398. The topological polar surface area (TPSA) is 119 Å². The molecule has 1 saturated carbocycles. The zero-order valence-electron chi connectivity index (χ0n) is 18.4. The van der Waals surface area contributed by atoms with Crippen LogP contribution in [0.15, 0.2) is 67.7 Å². The second-order valence-electron chi connectivity index (χ2n) is 8.96. The van der Waals surface area contributed by atoms with Gasteiger partial charge in [-0.2, -0.15) is 9.78 Å². The van der Waals surface area contributed by atoms with Gasteiger partial charge in [0.05, 0.1) is 11.2 Å². The molecule has 0 spiro atoms. The van der Waals surface area contributed by atoms with Crippen LogP contribution < -0.4 is 10.9 Å². The van der Waals surface area contributed by atoms with Crippen LogP contribution in [0.1, 0.15) is 38.7 Å². The summed E-state index contributed by atoms with van der Waals surface area (Å²) < 4.78 is 26.6. The van der Waals surface area contributed by atoms with Crippen molar-refractivity contribution in [2.45, 2.75) is 38.0 Å². The van der Waals surface area contributed by atoms with Crippen molar-refractivity contribution in [3.05, 3.63) is 64.4 Å². The highest BCUT2D eigenvalue weighted by Gasteiger charge is 2.30. The number of anilines is 1. The van der Waals surface area contributed by atoms with E-state index in [1.54, 1.807) is 48.5 Å². The number of hydrogen-bond donors (Lipinski definition) is 4. The Morgan fingerprint density at radius 3 is 2.48 bits per heavy atom. The van der Waals surface area contributed by atoms with E-state index in [1.165, 1.54) is 4.68 Å². The van der Waals surface area contributed by atoms with Crippen LogP contribution in [0.25, 0.3) is 10.9 Å². The van der Waals surface area contributed by atoms with E-state index in [0.29, 0.717) is 28.4 Å². The summed E-state index contributed by atoms with van der Waals surface area (Å²) in [7, 11) is -3.55. The largest absolute Gasteiger partial charge is 0.506 e. The van der Waals surface area contributed by atoms with Crippen molar-refractivity contribution in [2.75, 3.05) is 5.32 Å². The third kappa shape index (κ3) is 3.82. The van der Waals surface area contributed by atoms with Crippen LogP contribution in [0, 0.1) is 11.8 Å². The van der Waals surface area contributed by atoms with Gasteiger partial charge in [-0.25, -0.2) is 0 Å². The first-order valence-corrected chi connectivity index (χ1v) is 12.4. The molecule has 0 saturated heterocycles. The van der Waals surface area contributed by atoms with Crippen molar-refractivity contribution in [3.63, 3.8) is 0 Å². The molecule has 33 heavy (non-hydrogen) atoms. The average Bonchev–Trinajstić information content (AvgIpc) is 2.76. The molecule has 0 radical (unpaired) electrons. The van der Waals surface area contributed by atoms with Gasteiger partial charge in [0.2, 0.25) is 0 Å². The molecular weight excluding hydrogens is 440 g/mol. The van der Waals surface area contributed by atoms with E-state index < -0.39 is 16.3 Å². The molecule has 8 nitrogen and oxygen atoms in total. The molecular formula is C24H26N4O4S. The lowest BCUT2D eigenvalue weighted by Crippen LogP contribution is -2.32. The highest BCUT2D eigenvalue weighted by atomic mass is 32.3. The van der Waals surface area contributed by atoms with Crippen molar-refractivity contribution >= 4 is 38.9 Å². The number of benzene rings is 2. The van der Waals surface area contributed by atoms with Crippen molar-refractivity contribution in [1.29, 1.82) is 0 Å². The van der Waals surface area contributed by atoms with Crippen LogP contribution in [0.4, 0.5) is 5.69 Å². The van der Waals surface area contributed by atoms with Crippen LogP contribution in [0.2, 0.25) is 0 Å². The normalized spacial score (nSPS) is 22.8. The van der Waals surface area contributed by atoms with Gasteiger partial charge >= 0.3 is 0 Å². The van der Waals surface area contributed by atoms with Gasteiger partial charge in [-0.3, -0.25) is 13.9 Å². The van der Waals surface area contributed by atoms with E-state index in [1.807, 2.05) is 0 Å². The Kier molecular flexibility index (Phi) is 5.27. The molecule has 1 fully saturated rings. The first-order chi connectivity index (χ1) is 15.7. The smallest absolute Gasteiger partial charge is 0.286 e. The predicted octanol–water partition coefficient (Wildman–Crippen LogP) is 5.26. The van der Waals surface area contributed by atoms with Crippen LogP contribution in [0.5, 0.6) is 5.75 Å².